The van der Waals surface area contributed by atoms with E-state index in [-0.39, 0.29) is 0 Å². The average Bonchev–Trinajstić information content (AvgIpc) is 2.07. The van der Waals surface area contributed by atoms with Gasteiger partial charge in [0.1, 0.15) is 0 Å². The summed E-state index contributed by atoms with van der Waals surface area (Å²) in [5.41, 5.74) is 0. The zero-order valence-corrected chi connectivity index (χ0v) is 7.05. The highest BCUT2D eigenvalue weighted by atomic mass is 16.5. The summed E-state index contributed by atoms with van der Waals surface area (Å²) in [5, 5.41) is 0. The van der Waals surface area contributed by atoms with Crippen molar-refractivity contribution in [2.24, 2.45) is 10.9 Å². The Morgan fingerprint density at radius 2 is 2.64 bits per heavy atom. The third-order valence-electron chi connectivity index (χ3n) is 1.76. The maximum Gasteiger partial charge on any atom is 0.186 e. The van der Waals surface area contributed by atoms with Crippen LogP contribution in [0.25, 0.3) is 0 Å². The minimum atomic E-state index is 0.410. The van der Waals surface area contributed by atoms with E-state index in [2.05, 4.69) is 18.5 Å². The monoisotopic (exact) mass is 153 g/mol. The Kier molecular flexibility index (Phi) is 3.14. The number of rotatable bonds is 3. The van der Waals surface area contributed by atoms with Gasteiger partial charge in [-0.25, -0.2) is 0 Å². The van der Waals surface area contributed by atoms with Crippen LogP contribution < -0.4 is 0 Å². The molecule has 0 spiro atoms. The van der Waals surface area contributed by atoms with Crippen LogP contribution in [0.2, 0.25) is 0 Å². The molecule has 0 aliphatic carbocycles. The van der Waals surface area contributed by atoms with Gasteiger partial charge in [0.15, 0.2) is 5.90 Å². The van der Waals surface area contributed by atoms with Crippen LogP contribution in [0.3, 0.4) is 0 Å². The molecule has 1 aliphatic heterocycles. The van der Waals surface area contributed by atoms with E-state index in [1.165, 1.54) is 0 Å². The lowest BCUT2D eigenvalue weighted by Gasteiger charge is -2.17. The molecule has 0 bridgehead atoms. The van der Waals surface area contributed by atoms with Gasteiger partial charge in [0.25, 0.3) is 0 Å². The Labute approximate surface area is 68.0 Å². The minimum Gasteiger partial charge on any atom is -0.481 e. The van der Waals surface area contributed by atoms with E-state index in [0.29, 0.717) is 5.92 Å². The molecule has 0 radical (unpaired) electrons. The van der Waals surface area contributed by atoms with Gasteiger partial charge in [-0.2, -0.15) is 0 Å². The van der Waals surface area contributed by atoms with Gasteiger partial charge in [0.2, 0.25) is 0 Å². The molecule has 1 unspecified atom stereocenters. The fraction of sp³-hybridized carbons (Fsp3) is 0.667. The van der Waals surface area contributed by atoms with Crippen LogP contribution in [-0.2, 0) is 4.74 Å². The van der Waals surface area contributed by atoms with Gasteiger partial charge in [-0.05, 0) is 6.42 Å². The maximum absolute atomic E-state index is 5.39. The quantitative estimate of drug-likeness (QED) is 0.568. The first-order chi connectivity index (χ1) is 5.34. The normalized spacial score (nSPS) is 19.9. The molecule has 0 aromatic carbocycles. The number of hydrogen-bond donors (Lipinski definition) is 0. The summed E-state index contributed by atoms with van der Waals surface area (Å²) < 4.78 is 5.39. The highest BCUT2D eigenvalue weighted by molar-refractivity contribution is 5.78. The number of nitrogens with zero attached hydrogens (tertiary/aromatic N) is 1. The Morgan fingerprint density at radius 1 is 1.82 bits per heavy atom. The van der Waals surface area contributed by atoms with Crippen molar-refractivity contribution in [1.82, 2.24) is 0 Å². The molecule has 0 N–H and O–H groups in total. The van der Waals surface area contributed by atoms with Gasteiger partial charge in [-0.15, -0.1) is 6.58 Å². The first-order valence-corrected chi connectivity index (χ1v) is 4.12. The molecule has 2 nitrogen and oxygen atoms in total. The lowest BCUT2D eigenvalue weighted by atomic mass is 10.1. The van der Waals surface area contributed by atoms with Crippen LogP contribution >= 0.6 is 0 Å². The van der Waals surface area contributed by atoms with Crippen molar-refractivity contribution in [2.75, 3.05) is 13.2 Å². The first-order valence-electron chi connectivity index (χ1n) is 4.12. The Bertz CT molecular complexity index is 163. The summed E-state index contributed by atoms with van der Waals surface area (Å²) in [4.78, 5) is 4.29. The summed E-state index contributed by atoms with van der Waals surface area (Å²) in [6.45, 7) is 7.56. The summed E-state index contributed by atoms with van der Waals surface area (Å²) in [6, 6.07) is 0. The van der Waals surface area contributed by atoms with E-state index >= 15 is 0 Å². The van der Waals surface area contributed by atoms with E-state index < -0.39 is 0 Å². The van der Waals surface area contributed by atoms with Crippen LogP contribution in [0, 0.1) is 5.92 Å². The second-order valence-electron chi connectivity index (χ2n) is 2.85. The minimum absolute atomic E-state index is 0.410. The van der Waals surface area contributed by atoms with E-state index in [1.807, 2.05) is 6.08 Å². The predicted molar refractivity (Wildman–Crippen MR) is 46.8 cm³/mol. The van der Waals surface area contributed by atoms with Gasteiger partial charge in [-0.3, -0.25) is 4.99 Å². The molecule has 0 amide bonds. The second kappa shape index (κ2) is 4.16. The fourth-order valence-corrected chi connectivity index (χ4v) is 1.13. The zero-order chi connectivity index (χ0) is 8.10. The molecule has 1 heterocycles. The van der Waals surface area contributed by atoms with Crippen LogP contribution in [0.15, 0.2) is 17.6 Å². The molecule has 0 fully saturated rings. The van der Waals surface area contributed by atoms with Crippen molar-refractivity contribution in [3.63, 3.8) is 0 Å². The van der Waals surface area contributed by atoms with Crippen molar-refractivity contribution in [1.29, 1.82) is 0 Å². The summed E-state index contributed by atoms with van der Waals surface area (Å²) in [7, 11) is 0. The molecular formula is C9H15NO. The summed E-state index contributed by atoms with van der Waals surface area (Å²) in [6.07, 6.45) is 3.92. The van der Waals surface area contributed by atoms with Crippen molar-refractivity contribution in [2.45, 2.75) is 19.8 Å². The number of ether oxygens (including phenoxy) is 1. The van der Waals surface area contributed by atoms with Crippen LogP contribution in [-0.4, -0.2) is 19.0 Å². The lowest BCUT2D eigenvalue weighted by Crippen LogP contribution is -2.20. The largest absolute Gasteiger partial charge is 0.481 e. The molecule has 0 saturated heterocycles. The molecule has 1 rings (SSSR count). The number of aliphatic imine (C=N–C) groups is 1. The second-order valence-corrected chi connectivity index (χ2v) is 2.85. The van der Waals surface area contributed by atoms with E-state index in [0.717, 1.165) is 31.9 Å². The third kappa shape index (κ3) is 2.37. The van der Waals surface area contributed by atoms with Crippen LogP contribution in [0.4, 0.5) is 0 Å². The summed E-state index contributed by atoms with van der Waals surface area (Å²) in [5.74, 6) is 1.32. The molecular weight excluding hydrogens is 138 g/mol. The Morgan fingerprint density at radius 3 is 3.18 bits per heavy atom. The summed E-state index contributed by atoms with van der Waals surface area (Å²) >= 11 is 0. The first kappa shape index (κ1) is 8.31. The molecule has 0 saturated carbocycles. The standard InChI is InChI=1S/C9H15NO/c1-3-5-8(2)9-10-6-4-7-11-9/h3,8H,1,4-7H2,2H3. The Hall–Kier alpha value is -0.790. The van der Waals surface area contributed by atoms with Gasteiger partial charge >= 0.3 is 0 Å². The Balaban J connectivity index is 2.43. The molecule has 0 aromatic rings. The van der Waals surface area contributed by atoms with E-state index in [4.69, 9.17) is 4.74 Å². The van der Waals surface area contributed by atoms with E-state index in [1.54, 1.807) is 0 Å². The fourth-order valence-electron chi connectivity index (χ4n) is 1.13. The van der Waals surface area contributed by atoms with Gasteiger partial charge in [0.05, 0.1) is 6.61 Å². The third-order valence-corrected chi connectivity index (χ3v) is 1.76. The predicted octanol–water partition coefficient (Wildman–Crippen LogP) is 2.02. The highest BCUT2D eigenvalue weighted by Gasteiger charge is 2.12. The van der Waals surface area contributed by atoms with Crippen molar-refractivity contribution in [3.05, 3.63) is 12.7 Å². The average molecular weight is 153 g/mol. The van der Waals surface area contributed by atoms with Crippen molar-refractivity contribution >= 4 is 5.90 Å². The van der Waals surface area contributed by atoms with Gasteiger partial charge in [-0.1, -0.05) is 13.0 Å². The molecule has 11 heavy (non-hydrogen) atoms. The van der Waals surface area contributed by atoms with Gasteiger partial charge < -0.3 is 4.74 Å². The molecule has 2 heteroatoms. The zero-order valence-electron chi connectivity index (χ0n) is 7.05. The molecule has 1 aliphatic rings. The van der Waals surface area contributed by atoms with Crippen LogP contribution in [0.1, 0.15) is 19.8 Å². The topological polar surface area (TPSA) is 21.6 Å². The molecule has 1 atom stereocenters. The van der Waals surface area contributed by atoms with Crippen molar-refractivity contribution in [3.8, 4) is 0 Å². The van der Waals surface area contributed by atoms with Crippen molar-refractivity contribution < 1.29 is 4.74 Å². The van der Waals surface area contributed by atoms with Crippen LogP contribution in [0.5, 0.6) is 0 Å². The molecule has 62 valence electrons. The smallest absolute Gasteiger partial charge is 0.186 e. The molecule has 0 aromatic heterocycles. The van der Waals surface area contributed by atoms with E-state index in [9.17, 15) is 0 Å². The highest BCUT2D eigenvalue weighted by Crippen LogP contribution is 2.10. The SMILES string of the molecule is C=CCC(C)C1=NCCCO1. The number of hydrogen-bond acceptors (Lipinski definition) is 2. The number of allylic oxidation sites excluding steroid dienone is 1. The van der Waals surface area contributed by atoms with Gasteiger partial charge in [0, 0.05) is 18.9 Å². The lowest BCUT2D eigenvalue weighted by molar-refractivity contribution is 0.261. The maximum atomic E-state index is 5.39.